The fourth-order valence-corrected chi connectivity index (χ4v) is 1.27. The molecule has 12 heteroatoms. The standard InChI is InChI=1S/C11H5F10NO/c12-8(13,10(17,18)11(19,20)21)7(23)22-6-3-1-5(2-4-6)9(14,15)16/h1-4H,(H,22,23). The maximum absolute atomic E-state index is 13.0. The highest BCUT2D eigenvalue weighted by atomic mass is 19.4. The molecule has 23 heavy (non-hydrogen) atoms. The zero-order valence-electron chi connectivity index (χ0n) is 10.5. The number of carbonyl (C=O) groups is 1. The first kappa shape index (κ1) is 19.0. The van der Waals surface area contributed by atoms with E-state index in [1.807, 2.05) is 0 Å². The van der Waals surface area contributed by atoms with Gasteiger partial charge in [-0.3, -0.25) is 4.79 Å². The summed E-state index contributed by atoms with van der Waals surface area (Å²) in [7, 11) is 0. The molecule has 0 heterocycles. The van der Waals surface area contributed by atoms with Gasteiger partial charge in [-0.05, 0) is 24.3 Å². The molecule has 0 aromatic heterocycles. The van der Waals surface area contributed by atoms with Crippen LogP contribution in [-0.2, 0) is 11.0 Å². The Morgan fingerprint density at radius 1 is 0.783 bits per heavy atom. The average molecular weight is 357 g/mol. The molecule has 0 spiro atoms. The van der Waals surface area contributed by atoms with Crippen molar-refractivity contribution in [2.24, 2.45) is 0 Å². The van der Waals surface area contributed by atoms with Gasteiger partial charge in [0, 0.05) is 5.69 Å². The zero-order chi connectivity index (χ0) is 18.3. The highest BCUT2D eigenvalue weighted by Gasteiger charge is 2.76. The molecule has 0 atom stereocenters. The van der Waals surface area contributed by atoms with E-state index in [0.29, 0.717) is 24.3 Å². The first-order valence-corrected chi connectivity index (χ1v) is 5.42. The number of hydrogen-bond donors (Lipinski definition) is 1. The predicted molar refractivity (Wildman–Crippen MR) is 56.0 cm³/mol. The smallest absolute Gasteiger partial charge is 0.321 e. The lowest BCUT2D eigenvalue weighted by atomic mass is 10.1. The Balaban J connectivity index is 2.99. The summed E-state index contributed by atoms with van der Waals surface area (Å²) in [6, 6.07) is 1.47. The number of amides is 1. The normalized spacial score (nSPS) is 13.8. The third kappa shape index (κ3) is 3.67. The Morgan fingerprint density at radius 3 is 1.57 bits per heavy atom. The Kier molecular flexibility index (Phi) is 4.61. The lowest BCUT2D eigenvalue weighted by molar-refractivity contribution is -0.343. The molecule has 0 radical (unpaired) electrons. The number of carbonyl (C=O) groups excluding carboxylic acids is 1. The van der Waals surface area contributed by atoms with E-state index in [1.165, 1.54) is 0 Å². The molecule has 0 unspecified atom stereocenters. The SMILES string of the molecule is O=C(Nc1ccc(C(F)(F)F)cc1)C(F)(F)C(F)(F)C(F)(F)F. The van der Waals surface area contributed by atoms with Gasteiger partial charge >= 0.3 is 30.1 Å². The van der Waals surface area contributed by atoms with Crippen LogP contribution in [0, 0.1) is 0 Å². The van der Waals surface area contributed by atoms with Gasteiger partial charge in [0.25, 0.3) is 0 Å². The van der Waals surface area contributed by atoms with Gasteiger partial charge in [-0.15, -0.1) is 0 Å². The fourth-order valence-electron chi connectivity index (χ4n) is 1.27. The van der Waals surface area contributed by atoms with Crippen molar-refractivity contribution in [3.8, 4) is 0 Å². The Labute approximate surface area is 121 Å². The maximum Gasteiger partial charge on any atom is 0.460 e. The van der Waals surface area contributed by atoms with E-state index in [4.69, 9.17) is 0 Å². The molecule has 1 aromatic carbocycles. The number of nitrogens with one attached hydrogen (secondary N) is 1. The van der Waals surface area contributed by atoms with Gasteiger partial charge in [-0.2, -0.15) is 43.9 Å². The van der Waals surface area contributed by atoms with Gasteiger partial charge in [0.2, 0.25) is 0 Å². The van der Waals surface area contributed by atoms with E-state index in [-0.39, 0.29) is 0 Å². The lowest BCUT2D eigenvalue weighted by Gasteiger charge is -2.27. The van der Waals surface area contributed by atoms with Crippen LogP contribution in [0.5, 0.6) is 0 Å². The Hall–Kier alpha value is -2.01. The van der Waals surface area contributed by atoms with Crippen molar-refractivity contribution in [3.05, 3.63) is 29.8 Å². The van der Waals surface area contributed by atoms with Crippen molar-refractivity contribution in [2.45, 2.75) is 24.2 Å². The van der Waals surface area contributed by atoms with Gasteiger partial charge in [0.15, 0.2) is 0 Å². The van der Waals surface area contributed by atoms with Crippen molar-refractivity contribution in [1.82, 2.24) is 0 Å². The second kappa shape index (κ2) is 5.57. The Morgan fingerprint density at radius 2 is 1.22 bits per heavy atom. The van der Waals surface area contributed by atoms with Gasteiger partial charge in [-0.1, -0.05) is 0 Å². The molecule has 0 saturated carbocycles. The van der Waals surface area contributed by atoms with E-state index in [0.717, 1.165) is 5.32 Å². The molecule has 0 aliphatic heterocycles. The van der Waals surface area contributed by atoms with Crippen LogP contribution in [0.2, 0.25) is 0 Å². The number of rotatable bonds is 3. The van der Waals surface area contributed by atoms with Gasteiger partial charge in [-0.25, -0.2) is 0 Å². The van der Waals surface area contributed by atoms with Gasteiger partial charge in [0.1, 0.15) is 0 Å². The van der Waals surface area contributed by atoms with Crippen molar-refractivity contribution in [2.75, 3.05) is 5.32 Å². The van der Waals surface area contributed by atoms with Crippen LogP contribution in [-0.4, -0.2) is 23.9 Å². The molecule has 1 N–H and O–H groups in total. The second-order valence-corrected chi connectivity index (χ2v) is 4.18. The second-order valence-electron chi connectivity index (χ2n) is 4.18. The van der Waals surface area contributed by atoms with Crippen molar-refractivity contribution in [3.63, 3.8) is 0 Å². The van der Waals surface area contributed by atoms with E-state index in [9.17, 15) is 48.7 Å². The summed E-state index contributed by atoms with van der Waals surface area (Å²) in [6.07, 6.45) is -11.5. The molecule has 0 aliphatic rings. The minimum Gasteiger partial charge on any atom is -0.321 e. The number of anilines is 1. The van der Waals surface area contributed by atoms with E-state index in [1.54, 1.807) is 0 Å². The van der Waals surface area contributed by atoms with Gasteiger partial charge < -0.3 is 5.32 Å². The first-order valence-electron chi connectivity index (χ1n) is 5.42. The third-order valence-electron chi connectivity index (χ3n) is 2.51. The molecule has 0 saturated heterocycles. The summed E-state index contributed by atoms with van der Waals surface area (Å²) >= 11 is 0. The minimum absolute atomic E-state index is 0.315. The topological polar surface area (TPSA) is 29.1 Å². The molecular weight excluding hydrogens is 352 g/mol. The highest BCUT2D eigenvalue weighted by Crippen LogP contribution is 2.46. The molecule has 0 bridgehead atoms. The van der Waals surface area contributed by atoms with Crippen molar-refractivity contribution < 1.29 is 48.7 Å². The van der Waals surface area contributed by atoms with Crippen molar-refractivity contribution in [1.29, 1.82) is 0 Å². The summed E-state index contributed by atoms with van der Waals surface area (Å²) in [5, 5.41) is 1.00. The first-order chi connectivity index (χ1) is 10.1. The Bertz CT molecular complexity index is 572. The summed E-state index contributed by atoms with van der Waals surface area (Å²) in [5.41, 5.74) is -2.07. The fraction of sp³-hybridized carbons (Fsp3) is 0.364. The van der Waals surface area contributed by atoms with E-state index in [2.05, 4.69) is 0 Å². The number of benzene rings is 1. The lowest BCUT2D eigenvalue weighted by Crippen LogP contribution is -2.57. The molecule has 2 nitrogen and oxygen atoms in total. The summed E-state index contributed by atoms with van der Waals surface area (Å²) in [4.78, 5) is 10.9. The van der Waals surface area contributed by atoms with Gasteiger partial charge in [0.05, 0.1) is 5.56 Å². The molecule has 1 amide bonds. The quantitative estimate of drug-likeness (QED) is 0.795. The van der Waals surface area contributed by atoms with Crippen LogP contribution in [0.4, 0.5) is 49.6 Å². The molecular formula is C11H5F10NO. The van der Waals surface area contributed by atoms with Crippen LogP contribution in [0.3, 0.4) is 0 Å². The summed E-state index contributed by atoms with van der Waals surface area (Å²) in [5.74, 6) is -15.8. The number of alkyl halides is 10. The molecule has 0 aliphatic carbocycles. The average Bonchev–Trinajstić information content (AvgIpc) is 2.36. The maximum atomic E-state index is 13.0. The third-order valence-corrected chi connectivity index (χ3v) is 2.51. The predicted octanol–water partition coefficient (Wildman–Crippen LogP) is 4.48. The van der Waals surface area contributed by atoms with Crippen LogP contribution in [0.25, 0.3) is 0 Å². The zero-order valence-corrected chi connectivity index (χ0v) is 10.5. The molecule has 1 aromatic rings. The van der Waals surface area contributed by atoms with Crippen LogP contribution in [0.1, 0.15) is 5.56 Å². The summed E-state index contributed by atoms with van der Waals surface area (Å²) < 4.78 is 123. The monoisotopic (exact) mass is 357 g/mol. The van der Waals surface area contributed by atoms with Crippen LogP contribution >= 0.6 is 0 Å². The largest absolute Gasteiger partial charge is 0.460 e. The number of halogens is 10. The highest BCUT2D eigenvalue weighted by molar-refractivity contribution is 5.97. The van der Waals surface area contributed by atoms with E-state index < -0.39 is 41.4 Å². The molecule has 130 valence electrons. The molecule has 1 rings (SSSR count). The van der Waals surface area contributed by atoms with Crippen LogP contribution in [0.15, 0.2) is 24.3 Å². The van der Waals surface area contributed by atoms with Crippen LogP contribution < -0.4 is 5.32 Å². The van der Waals surface area contributed by atoms with E-state index >= 15 is 0 Å². The van der Waals surface area contributed by atoms with Crippen molar-refractivity contribution >= 4 is 11.6 Å². The number of hydrogen-bond acceptors (Lipinski definition) is 1. The molecule has 0 fully saturated rings. The minimum atomic E-state index is -6.70. The summed E-state index contributed by atoms with van der Waals surface area (Å²) in [6.45, 7) is 0.